The first-order valence-corrected chi connectivity index (χ1v) is 8.48. The van der Waals surface area contributed by atoms with Gasteiger partial charge in [0.1, 0.15) is 31.0 Å². The molecule has 0 amide bonds. The van der Waals surface area contributed by atoms with Crippen molar-refractivity contribution < 1.29 is 34.3 Å². The van der Waals surface area contributed by atoms with Crippen LogP contribution in [-0.2, 0) is 19.0 Å². The highest BCUT2D eigenvalue weighted by Gasteiger charge is 2.44. The Bertz CT molecular complexity index is 336. The monoisotopic (exact) mass is 334 g/mol. The fourth-order valence-electron chi connectivity index (χ4n) is 2.48. The van der Waals surface area contributed by atoms with Crippen molar-refractivity contribution in [1.82, 2.24) is 0 Å². The van der Waals surface area contributed by atoms with Crippen molar-refractivity contribution in [3.05, 3.63) is 0 Å². The van der Waals surface area contributed by atoms with Crippen molar-refractivity contribution in [2.75, 3.05) is 13.2 Å². The maximum atomic E-state index is 11.7. The molecule has 0 aromatic carbocycles. The van der Waals surface area contributed by atoms with Crippen molar-refractivity contribution in [3.63, 3.8) is 0 Å². The lowest BCUT2D eigenvalue weighted by Gasteiger charge is -2.39. The van der Waals surface area contributed by atoms with Crippen LogP contribution in [0.2, 0.25) is 0 Å². The molecule has 5 atom stereocenters. The Labute approximate surface area is 137 Å². The van der Waals surface area contributed by atoms with Crippen LogP contribution in [0.5, 0.6) is 0 Å². The van der Waals surface area contributed by atoms with Gasteiger partial charge in [0, 0.05) is 13.0 Å². The van der Waals surface area contributed by atoms with Crippen LogP contribution in [0.3, 0.4) is 0 Å². The average Bonchev–Trinajstić information content (AvgIpc) is 2.54. The molecule has 136 valence electrons. The largest absolute Gasteiger partial charge is 0.463 e. The van der Waals surface area contributed by atoms with Crippen molar-refractivity contribution in [3.8, 4) is 0 Å². The van der Waals surface area contributed by atoms with E-state index in [4.69, 9.17) is 14.2 Å². The molecular formula is C16H30O7. The number of hydrogen-bond donors (Lipinski definition) is 3. The molecule has 0 aromatic heterocycles. The molecule has 23 heavy (non-hydrogen) atoms. The first-order valence-electron chi connectivity index (χ1n) is 8.48. The number of ether oxygens (including phenoxy) is 3. The van der Waals surface area contributed by atoms with Crippen LogP contribution in [0, 0.1) is 0 Å². The molecule has 1 heterocycles. The van der Waals surface area contributed by atoms with E-state index in [1.54, 1.807) is 6.92 Å². The Balaban J connectivity index is 2.32. The summed E-state index contributed by atoms with van der Waals surface area (Å²) in [6.45, 7) is 3.96. The average molecular weight is 334 g/mol. The van der Waals surface area contributed by atoms with Crippen LogP contribution in [0.4, 0.5) is 0 Å². The van der Waals surface area contributed by atoms with Crippen LogP contribution < -0.4 is 0 Å². The van der Waals surface area contributed by atoms with Crippen molar-refractivity contribution in [2.45, 2.75) is 83.1 Å². The van der Waals surface area contributed by atoms with Crippen LogP contribution in [0.15, 0.2) is 0 Å². The van der Waals surface area contributed by atoms with Gasteiger partial charge in [0.2, 0.25) is 0 Å². The molecule has 1 aliphatic heterocycles. The Hall–Kier alpha value is -0.730. The van der Waals surface area contributed by atoms with Crippen molar-refractivity contribution in [2.24, 2.45) is 0 Å². The maximum Gasteiger partial charge on any atom is 0.305 e. The third kappa shape index (κ3) is 6.73. The van der Waals surface area contributed by atoms with Gasteiger partial charge in [-0.3, -0.25) is 4.79 Å². The van der Waals surface area contributed by atoms with E-state index in [2.05, 4.69) is 6.92 Å². The second kappa shape index (κ2) is 10.9. The summed E-state index contributed by atoms with van der Waals surface area (Å²) in [5.74, 6) is -0.356. The van der Waals surface area contributed by atoms with E-state index >= 15 is 0 Å². The zero-order valence-corrected chi connectivity index (χ0v) is 14.0. The summed E-state index contributed by atoms with van der Waals surface area (Å²) in [6, 6.07) is 0. The summed E-state index contributed by atoms with van der Waals surface area (Å²) < 4.78 is 15.6. The number of unbranched alkanes of at least 4 members (excludes halogenated alkanes) is 4. The topological polar surface area (TPSA) is 105 Å². The Morgan fingerprint density at radius 3 is 2.35 bits per heavy atom. The predicted octanol–water partition coefficient (Wildman–Crippen LogP) is 0.734. The van der Waals surface area contributed by atoms with Crippen molar-refractivity contribution in [1.29, 1.82) is 0 Å². The minimum absolute atomic E-state index is 0.178. The van der Waals surface area contributed by atoms with Gasteiger partial charge >= 0.3 is 5.97 Å². The number of carbonyl (C=O) groups is 1. The molecule has 0 saturated carbocycles. The van der Waals surface area contributed by atoms with Gasteiger partial charge in [0.05, 0.1) is 0 Å². The molecule has 1 saturated heterocycles. The first-order chi connectivity index (χ1) is 11.0. The van der Waals surface area contributed by atoms with Gasteiger partial charge in [-0.2, -0.15) is 0 Å². The lowest BCUT2D eigenvalue weighted by molar-refractivity contribution is -0.300. The lowest BCUT2D eigenvalue weighted by Crippen LogP contribution is -2.59. The molecule has 0 aliphatic carbocycles. The van der Waals surface area contributed by atoms with Crippen LogP contribution in [0.1, 0.15) is 52.4 Å². The first kappa shape index (κ1) is 20.3. The number of hydrogen-bond acceptors (Lipinski definition) is 7. The zero-order chi connectivity index (χ0) is 17.2. The normalized spacial score (nSPS) is 31.1. The molecule has 0 radical (unpaired) electrons. The smallest absolute Gasteiger partial charge is 0.305 e. The molecule has 7 heteroatoms. The number of carbonyl (C=O) groups excluding carboxylic acids is 1. The SMILES string of the molecule is CCCCCCCC(=O)OC[C@H]1O[C@H](OCC)[C@H](O)[C@@H](O)[C@@H]1O. The van der Waals surface area contributed by atoms with Crippen LogP contribution >= 0.6 is 0 Å². The molecule has 0 aromatic rings. The molecule has 1 rings (SSSR count). The molecule has 3 N–H and O–H groups in total. The Kier molecular flexibility index (Phi) is 9.66. The van der Waals surface area contributed by atoms with E-state index in [1.807, 2.05) is 0 Å². The molecule has 1 fully saturated rings. The lowest BCUT2D eigenvalue weighted by atomic mass is 9.99. The Morgan fingerprint density at radius 1 is 1.00 bits per heavy atom. The van der Waals surface area contributed by atoms with Gasteiger partial charge in [-0.25, -0.2) is 0 Å². The maximum absolute atomic E-state index is 11.7. The minimum Gasteiger partial charge on any atom is -0.463 e. The molecule has 7 nitrogen and oxygen atoms in total. The number of aliphatic hydroxyl groups excluding tert-OH is 3. The van der Waals surface area contributed by atoms with Gasteiger partial charge in [-0.15, -0.1) is 0 Å². The molecule has 0 unspecified atom stereocenters. The van der Waals surface area contributed by atoms with Gasteiger partial charge in [0.25, 0.3) is 0 Å². The second-order valence-electron chi connectivity index (χ2n) is 5.82. The predicted molar refractivity (Wildman–Crippen MR) is 82.6 cm³/mol. The van der Waals surface area contributed by atoms with E-state index < -0.39 is 30.7 Å². The van der Waals surface area contributed by atoms with Gasteiger partial charge in [-0.1, -0.05) is 32.6 Å². The fraction of sp³-hybridized carbons (Fsp3) is 0.938. The summed E-state index contributed by atoms with van der Waals surface area (Å²) in [5.41, 5.74) is 0. The highest BCUT2D eigenvalue weighted by molar-refractivity contribution is 5.69. The number of rotatable bonds is 10. The fourth-order valence-corrected chi connectivity index (χ4v) is 2.48. The minimum atomic E-state index is -1.40. The third-order valence-electron chi connectivity index (χ3n) is 3.89. The van der Waals surface area contributed by atoms with E-state index in [0.29, 0.717) is 6.42 Å². The van der Waals surface area contributed by atoms with Crippen molar-refractivity contribution >= 4 is 5.97 Å². The summed E-state index contributed by atoms with van der Waals surface area (Å²) in [7, 11) is 0. The second-order valence-corrected chi connectivity index (χ2v) is 5.82. The van der Waals surface area contributed by atoms with Gasteiger partial charge in [-0.05, 0) is 13.3 Å². The van der Waals surface area contributed by atoms with E-state index in [-0.39, 0.29) is 19.2 Å². The zero-order valence-electron chi connectivity index (χ0n) is 14.0. The van der Waals surface area contributed by atoms with Crippen LogP contribution in [-0.4, -0.2) is 65.2 Å². The van der Waals surface area contributed by atoms with Crippen LogP contribution in [0.25, 0.3) is 0 Å². The number of esters is 1. The highest BCUT2D eigenvalue weighted by atomic mass is 16.7. The molecule has 0 bridgehead atoms. The van der Waals surface area contributed by atoms with E-state index in [1.165, 1.54) is 0 Å². The molecule has 1 aliphatic rings. The number of aliphatic hydroxyl groups is 3. The van der Waals surface area contributed by atoms with E-state index in [9.17, 15) is 20.1 Å². The third-order valence-corrected chi connectivity index (χ3v) is 3.89. The summed E-state index contributed by atoms with van der Waals surface area (Å²) >= 11 is 0. The van der Waals surface area contributed by atoms with E-state index in [0.717, 1.165) is 32.1 Å². The summed E-state index contributed by atoms with van der Waals surface area (Å²) in [5, 5.41) is 29.5. The van der Waals surface area contributed by atoms with Gasteiger partial charge in [0.15, 0.2) is 6.29 Å². The molecule has 0 spiro atoms. The summed E-state index contributed by atoms with van der Waals surface area (Å²) in [4.78, 5) is 11.7. The highest BCUT2D eigenvalue weighted by Crippen LogP contribution is 2.22. The summed E-state index contributed by atoms with van der Waals surface area (Å²) in [6.07, 6.45) is -0.538. The van der Waals surface area contributed by atoms with Gasteiger partial charge < -0.3 is 29.5 Å². The standard InChI is InChI=1S/C16H30O7/c1-3-5-6-7-8-9-12(17)22-10-11-13(18)14(19)15(20)16(23-11)21-4-2/h11,13-16,18-20H,3-10H2,1-2H3/t11-,13-,14+,15-,16+/m1/s1. The Morgan fingerprint density at radius 2 is 1.70 bits per heavy atom. The quantitative estimate of drug-likeness (QED) is 0.399. The molecular weight excluding hydrogens is 304 g/mol.